The molecule has 0 aromatic heterocycles. The van der Waals surface area contributed by atoms with Crippen molar-refractivity contribution in [1.29, 1.82) is 0 Å². The number of halogens is 1. The molecule has 232 valence electrons. The number of rotatable bonds is 6. The summed E-state index contributed by atoms with van der Waals surface area (Å²) >= 11 is 0. The number of ether oxygens (including phenoxy) is 2. The van der Waals surface area contributed by atoms with Crippen LogP contribution in [0.5, 0.6) is 0 Å². The Morgan fingerprint density at radius 3 is 2.59 bits per heavy atom. The van der Waals surface area contributed by atoms with Crippen LogP contribution in [0.4, 0.5) is 10.1 Å². The van der Waals surface area contributed by atoms with E-state index in [0.717, 1.165) is 22.3 Å². The molecule has 4 N–H and O–H groups in total. The molecule has 1 saturated heterocycles. The minimum atomic E-state index is -1.49. The number of carbonyl (C=O) groups excluding carboxylic acids is 2. The lowest BCUT2D eigenvalue weighted by atomic mass is 9.39. The Bertz CT molecular complexity index is 1570. The normalized spacial score (nSPS) is 40.5. The Hall–Kier alpha value is -3.17. The predicted octanol–water partition coefficient (Wildman–Crippen LogP) is 4.80. The van der Waals surface area contributed by atoms with Gasteiger partial charge in [-0.05, 0) is 79.4 Å². The maximum atomic E-state index is 15.6. The average Bonchev–Trinajstić information content (AvgIpc) is 3.50. The number of nitrogens with two attached hydrogens (primary N) is 1. The number of nitrogen functional groups attached to an aromatic ring is 1. The number of aliphatic hydroxyl groups is 2. The van der Waals surface area contributed by atoms with Crippen molar-refractivity contribution in [1.82, 2.24) is 0 Å². The van der Waals surface area contributed by atoms with E-state index in [0.29, 0.717) is 31.4 Å². The summed E-state index contributed by atoms with van der Waals surface area (Å²) in [6.45, 7) is 2.41. The van der Waals surface area contributed by atoms with Crippen molar-refractivity contribution >= 4 is 17.3 Å². The van der Waals surface area contributed by atoms with Crippen molar-refractivity contribution in [3.63, 3.8) is 0 Å². The van der Waals surface area contributed by atoms with Crippen molar-refractivity contribution in [2.24, 2.45) is 28.1 Å². The topological polar surface area (TPSA) is 119 Å². The summed E-state index contributed by atoms with van der Waals surface area (Å²) in [4.78, 5) is 26.1. The van der Waals surface area contributed by atoms with Gasteiger partial charge in [0.05, 0.1) is 18.9 Å². The molecule has 0 amide bonds. The fourth-order valence-electron chi connectivity index (χ4n) is 10.0. The predicted molar refractivity (Wildman–Crippen MR) is 162 cm³/mol. The number of Topliss-reactive ketones (excluding diaryl/α,β-unsaturated/α-hetero) is 1. The summed E-state index contributed by atoms with van der Waals surface area (Å²) in [5.41, 5.74) is 6.06. The number of hydrogen-bond donors (Lipinski definition) is 3. The van der Waals surface area contributed by atoms with Crippen LogP contribution in [-0.4, -0.2) is 52.9 Å². The standard InChI is InChI=1S/C36H40FNO6/c1-33-13-12-26(40)16-24(33)10-11-27-28-17-31-36(30(42)19-39,34(28,2)18-29(41)35(27,33)20-37)44-32(43-31)23-8-6-21(7-9-23)14-22-4-3-5-25(38)15-22/h3-9,12-13,15-16,27-29,31-32,39,41H,10-11,14,17-20,38H2,1-2H3/t27-,28-,29-,31+,32+,33-,34-,35+,36+/m0/s1. The minimum absolute atomic E-state index is 0.111. The molecule has 4 fully saturated rings. The third-order valence-corrected chi connectivity index (χ3v) is 12.2. The highest BCUT2D eigenvalue weighted by atomic mass is 19.1. The molecule has 5 aliphatic rings. The zero-order chi connectivity index (χ0) is 31.1. The highest BCUT2D eigenvalue weighted by Crippen LogP contribution is 2.74. The van der Waals surface area contributed by atoms with Gasteiger partial charge in [0.2, 0.25) is 0 Å². The van der Waals surface area contributed by atoms with E-state index in [2.05, 4.69) is 0 Å². The van der Waals surface area contributed by atoms with E-state index in [1.54, 1.807) is 12.2 Å². The number of hydrogen-bond acceptors (Lipinski definition) is 7. The maximum absolute atomic E-state index is 15.6. The fourth-order valence-corrected chi connectivity index (χ4v) is 10.0. The first kappa shape index (κ1) is 29.5. The summed E-state index contributed by atoms with van der Waals surface area (Å²) in [5.74, 6) is -1.08. The van der Waals surface area contributed by atoms with Gasteiger partial charge >= 0.3 is 0 Å². The molecular weight excluding hydrogens is 561 g/mol. The molecule has 2 aromatic carbocycles. The van der Waals surface area contributed by atoms with Crippen LogP contribution in [0, 0.1) is 28.1 Å². The van der Waals surface area contributed by atoms with E-state index in [9.17, 15) is 19.8 Å². The molecule has 1 aliphatic heterocycles. The number of alkyl halides is 1. The summed E-state index contributed by atoms with van der Waals surface area (Å²) in [5, 5.41) is 22.3. The molecule has 8 heteroatoms. The Morgan fingerprint density at radius 1 is 1.11 bits per heavy atom. The maximum Gasteiger partial charge on any atom is 0.193 e. The highest BCUT2D eigenvalue weighted by molar-refractivity contribution is 6.01. The van der Waals surface area contributed by atoms with Crippen LogP contribution in [0.15, 0.2) is 72.3 Å². The molecule has 7 nitrogen and oxygen atoms in total. The van der Waals surface area contributed by atoms with E-state index >= 15 is 4.39 Å². The Kier molecular flexibility index (Phi) is 6.83. The van der Waals surface area contributed by atoms with Crippen LogP contribution < -0.4 is 5.73 Å². The number of benzene rings is 2. The second-order valence-electron chi connectivity index (χ2n) is 14.0. The zero-order valence-corrected chi connectivity index (χ0v) is 25.2. The lowest BCUT2D eigenvalue weighted by Crippen LogP contribution is -2.68. The monoisotopic (exact) mass is 601 g/mol. The van der Waals surface area contributed by atoms with Gasteiger partial charge in [-0.3, -0.25) is 14.0 Å². The van der Waals surface area contributed by atoms with Gasteiger partial charge in [-0.1, -0.05) is 61.9 Å². The smallest absolute Gasteiger partial charge is 0.193 e. The Balaban J connectivity index is 1.21. The molecule has 2 aromatic rings. The second-order valence-corrected chi connectivity index (χ2v) is 14.0. The quantitative estimate of drug-likeness (QED) is 0.407. The van der Waals surface area contributed by atoms with Crippen LogP contribution in [-0.2, 0) is 25.5 Å². The van der Waals surface area contributed by atoms with Crippen molar-refractivity contribution < 1.29 is 33.7 Å². The number of aliphatic hydroxyl groups excluding tert-OH is 2. The fraction of sp³-hybridized carbons (Fsp3) is 0.500. The van der Waals surface area contributed by atoms with E-state index in [4.69, 9.17) is 15.2 Å². The first-order chi connectivity index (χ1) is 21.0. The third kappa shape index (κ3) is 3.81. The summed E-state index contributed by atoms with van der Waals surface area (Å²) in [6.07, 6.45) is 4.73. The van der Waals surface area contributed by atoms with Crippen molar-refractivity contribution in [2.75, 3.05) is 19.0 Å². The molecule has 3 saturated carbocycles. The van der Waals surface area contributed by atoms with Crippen molar-refractivity contribution in [3.05, 3.63) is 89.0 Å². The first-order valence-electron chi connectivity index (χ1n) is 15.6. The Labute approximate surface area is 256 Å². The number of carbonyl (C=O) groups is 2. The molecule has 44 heavy (non-hydrogen) atoms. The summed E-state index contributed by atoms with van der Waals surface area (Å²) in [6, 6.07) is 15.6. The Morgan fingerprint density at radius 2 is 1.89 bits per heavy atom. The largest absolute Gasteiger partial charge is 0.399 e. The van der Waals surface area contributed by atoms with Crippen LogP contribution in [0.2, 0.25) is 0 Å². The second kappa shape index (κ2) is 10.2. The SMILES string of the molecule is C[C@]12C=CC(=O)C=C1CC[C@H]1[C@@H]3C[C@H]4O[C@@H](c5ccc(Cc6cccc(N)c6)cc5)O[C@@]4(C(=O)CO)[C@@]3(C)C[C@H](O)[C@@]12CF. The molecule has 0 spiro atoms. The lowest BCUT2D eigenvalue weighted by molar-refractivity contribution is -0.231. The van der Waals surface area contributed by atoms with Gasteiger partial charge in [0.25, 0.3) is 0 Å². The third-order valence-electron chi connectivity index (χ3n) is 12.2. The average molecular weight is 602 g/mol. The number of anilines is 1. The molecule has 9 atom stereocenters. The van der Waals surface area contributed by atoms with Gasteiger partial charge in [0.1, 0.15) is 6.61 Å². The van der Waals surface area contributed by atoms with Crippen LogP contribution in [0.1, 0.15) is 62.5 Å². The van der Waals surface area contributed by atoms with E-state index in [-0.39, 0.29) is 24.0 Å². The molecule has 0 radical (unpaired) electrons. The molecule has 1 heterocycles. The number of allylic oxidation sites excluding steroid dienone is 4. The van der Waals surface area contributed by atoms with Crippen molar-refractivity contribution in [3.8, 4) is 0 Å². The summed E-state index contributed by atoms with van der Waals surface area (Å²) in [7, 11) is 0. The van der Waals surface area contributed by atoms with Crippen LogP contribution in [0.3, 0.4) is 0 Å². The molecule has 4 aliphatic carbocycles. The van der Waals surface area contributed by atoms with Gasteiger partial charge in [-0.25, -0.2) is 0 Å². The highest BCUT2D eigenvalue weighted by Gasteiger charge is 2.78. The number of ketones is 2. The van der Waals surface area contributed by atoms with Crippen LogP contribution in [0.25, 0.3) is 0 Å². The summed E-state index contributed by atoms with van der Waals surface area (Å²) < 4.78 is 28.8. The lowest BCUT2D eigenvalue weighted by Gasteiger charge is -2.65. The molecular formula is C36H40FNO6. The molecule has 0 bridgehead atoms. The van der Waals surface area contributed by atoms with E-state index < -0.39 is 59.4 Å². The van der Waals surface area contributed by atoms with Crippen LogP contribution >= 0.6 is 0 Å². The molecule has 0 unspecified atom stereocenters. The first-order valence-corrected chi connectivity index (χ1v) is 15.6. The van der Waals surface area contributed by atoms with Gasteiger partial charge < -0.3 is 25.4 Å². The van der Waals surface area contributed by atoms with Crippen molar-refractivity contribution in [2.45, 2.75) is 70.1 Å². The minimum Gasteiger partial charge on any atom is -0.399 e. The molecule has 7 rings (SSSR count). The van der Waals surface area contributed by atoms with Gasteiger partial charge in [0.15, 0.2) is 23.5 Å². The zero-order valence-electron chi connectivity index (χ0n) is 25.2. The van der Waals surface area contributed by atoms with E-state index in [1.807, 2.05) is 62.4 Å². The number of fused-ring (bicyclic) bond motifs is 7. The van der Waals surface area contributed by atoms with Gasteiger partial charge in [-0.2, -0.15) is 0 Å². The van der Waals surface area contributed by atoms with E-state index in [1.165, 1.54) is 6.08 Å². The van der Waals surface area contributed by atoms with Gasteiger partial charge in [-0.15, -0.1) is 0 Å². The van der Waals surface area contributed by atoms with Gasteiger partial charge in [0, 0.05) is 27.5 Å².